The van der Waals surface area contributed by atoms with Crippen LogP contribution in [0.5, 0.6) is 69.0 Å². The van der Waals surface area contributed by atoms with Gasteiger partial charge in [0.2, 0.25) is 0 Å². The molecule has 7 aliphatic rings. The Morgan fingerprint density at radius 2 is 0.842 bits per heavy atom. The van der Waals surface area contributed by atoms with E-state index in [1.54, 1.807) is 112 Å². The summed E-state index contributed by atoms with van der Waals surface area (Å²) >= 11 is 0. The topological polar surface area (TPSA) is 314 Å². The minimum Gasteiger partial charge on any atom is -0.493 e. The zero-order valence-corrected chi connectivity index (χ0v) is 68.9. The third-order valence-electron chi connectivity index (χ3n) is 24.4. The number of ketones is 1. The van der Waals surface area contributed by atoms with Crippen molar-refractivity contribution in [1.82, 2.24) is 45.6 Å². The summed E-state index contributed by atoms with van der Waals surface area (Å²) in [6.45, 7) is 16.0. The molecule has 28 nitrogen and oxygen atoms in total. The summed E-state index contributed by atoms with van der Waals surface area (Å²) < 4.78 is 83.8. The van der Waals surface area contributed by atoms with E-state index in [1.807, 2.05) is 78.9 Å². The maximum Gasteiger partial charge on any atom is 0.255 e. The van der Waals surface area contributed by atoms with Gasteiger partial charge in [0.1, 0.15) is 68.5 Å². The number of hydrogen-bond donors (Lipinski definition) is 4. The van der Waals surface area contributed by atoms with Crippen molar-refractivity contribution in [2.24, 2.45) is 16.2 Å². The third-order valence-corrected chi connectivity index (χ3v) is 24.4. The summed E-state index contributed by atoms with van der Waals surface area (Å²) in [6, 6.07) is 32.9. The Morgan fingerprint density at radius 1 is 0.450 bits per heavy atom. The summed E-state index contributed by atoms with van der Waals surface area (Å²) in [4.78, 5) is 69.6. The number of rotatable bonds is 27. The van der Waals surface area contributed by atoms with Crippen molar-refractivity contribution in [2.45, 2.75) is 90.4 Å². The second-order valence-corrected chi connectivity index (χ2v) is 32.2. The van der Waals surface area contributed by atoms with Crippen LogP contribution < -0.4 is 58.6 Å². The number of methoxy groups -OCH3 is 3. The smallest absolute Gasteiger partial charge is 0.255 e. The molecule has 4 saturated heterocycles. The van der Waals surface area contributed by atoms with Crippen LogP contribution in [0.25, 0.3) is 65.6 Å². The molecule has 1 atom stereocenters. The zero-order chi connectivity index (χ0) is 83.2. The number of likely N-dealkylation sites (tertiary alicyclic amines) is 3. The molecule has 28 heteroatoms. The minimum absolute atomic E-state index is 0.0228. The van der Waals surface area contributed by atoms with Crippen molar-refractivity contribution < 1.29 is 89.6 Å². The van der Waals surface area contributed by atoms with E-state index in [-0.39, 0.29) is 40.1 Å². The highest BCUT2D eigenvalue weighted by atomic mass is 16.7. The lowest BCUT2D eigenvalue weighted by molar-refractivity contribution is -0.182. The summed E-state index contributed by atoms with van der Waals surface area (Å²) in [5, 5.41) is 22.8. The molecule has 0 bridgehead atoms. The van der Waals surface area contributed by atoms with Crippen LogP contribution >= 0.6 is 0 Å². The largest absolute Gasteiger partial charge is 0.493 e. The van der Waals surface area contributed by atoms with Gasteiger partial charge >= 0.3 is 0 Å². The van der Waals surface area contributed by atoms with Crippen molar-refractivity contribution >= 4 is 89.1 Å². The van der Waals surface area contributed by atoms with E-state index in [2.05, 4.69) is 45.6 Å². The van der Waals surface area contributed by atoms with Gasteiger partial charge in [0.15, 0.2) is 46.1 Å². The second kappa shape index (κ2) is 33.4. The molecule has 626 valence electrons. The van der Waals surface area contributed by atoms with Crippen LogP contribution in [-0.4, -0.2) is 205 Å². The number of pyridine rings is 3. The number of aryl methyl sites for hydroxylation is 3. The molecule has 1 unspecified atom stereocenters. The Balaban J connectivity index is 0.000000129. The molecule has 0 radical (unpaired) electrons. The fourth-order valence-corrected chi connectivity index (χ4v) is 17.6. The molecule has 120 heavy (non-hydrogen) atoms. The van der Waals surface area contributed by atoms with Crippen molar-refractivity contribution in [3.05, 3.63) is 162 Å². The van der Waals surface area contributed by atoms with Crippen LogP contribution in [-0.2, 0) is 14.3 Å². The summed E-state index contributed by atoms with van der Waals surface area (Å²) in [5.74, 6) is 8.33. The predicted molar refractivity (Wildman–Crippen MR) is 448 cm³/mol. The number of aliphatic hydroxyl groups is 1. The number of Topliss-reactive ketones (excluding diaryl/α,β-unsaturated/α-hetero) is 1. The number of nitrogens with zero attached hydrogens (tertiary/aromatic N) is 6. The molecular formula is C92H99N9O19. The van der Waals surface area contributed by atoms with Gasteiger partial charge in [-0.2, -0.15) is 0 Å². The summed E-state index contributed by atoms with van der Waals surface area (Å²) in [6.07, 6.45) is 14.2. The molecular weight excluding hydrogens is 1540 g/mol. The maximum absolute atomic E-state index is 12.3. The first kappa shape index (κ1) is 80.6. The number of aromatic nitrogens is 3. The van der Waals surface area contributed by atoms with Gasteiger partial charge < -0.3 is 86.4 Å². The van der Waals surface area contributed by atoms with Crippen LogP contribution in [0.3, 0.4) is 0 Å². The average Bonchev–Trinajstić information content (AvgIpc) is 1.54. The van der Waals surface area contributed by atoms with Crippen molar-refractivity contribution in [3.8, 4) is 69.0 Å². The molecule has 6 aromatic carbocycles. The SMILES string of the molecule is CNC(=O)c1c(C)oc2cc(Oc3ccnc4cc(OCCCN5CC(=O)C6(CC6)C5)c(OC)cc34)ccc12.CNC(=O)c1c(C)oc2cc(Oc3ccnc4cc(OCCCN5CC(O)C6(CC6)C5)c(OC)cc34)ccc12.CNC(=O)c1c(C)oc2cc(Oc3ccnc4cc(OCCCN5CC6(CC6)C6(C5)OCCO6)c(OC)cc34)ccc12. The van der Waals surface area contributed by atoms with Crippen LogP contribution in [0.4, 0.5) is 0 Å². The van der Waals surface area contributed by atoms with E-state index in [9.17, 15) is 24.3 Å². The molecule has 3 saturated carbocycles. The molecule has 4 N–H and O–H groups in total. The fraction of sp³-hybridized carbons (Fsp3) is 0.402. The van der Waals surface area contributed by atoms with Gasteiger partial charge in [-0.15, -0.1) is 0 Å². The number of carbonyl (C=O) groups is 4. The molecule has 4 spiro atoms. The van der Waals surface area contributed by atoms with E-state index in [4.69, 9.17) is 65.4 Å². The fourth-order valence-electron chi connectivity index (χ4n) is 17.6. The molecule has 10 heterocycles. The molecule has 4 aliphatic heterocycles. The lowest BCUT2D eigenvalue weighted by Gasteiger charge is -2.28. The number of furan rings is 3. The van der Waals surface area contributed by atoms with Gasteiger partial charge in [0.05, 0.1) is 107 Å². The van der Waals surface area contributed by atoms with Crippen LogP contribution in [0.2, 0.25) is 0 Å². The highest BCUT2D eigenvalue weighted by Gasteiger charge is 2.68. The van der Waals surface area contributed by atoms with Crippen molar-refractivity contribution in [3.63, 3.8) is 0 Å². The molecule has 3 aliphatic carbocycles. The van der Waals surface area contributed by atoms with Crippen molar-refractivity contribution in [2.75, 3.05) is 134 Å². The summed E-state index contributed by atoms with van der Waals surface area (Å²) in [5.41, 5.74) is 5.79. The van der Waals surface area contributed by atoms with Crippen LogP contribution in [0.15, 0.2) is 141 Å². The van der Waals surface area contributed by atoms with E-state index in [0.717, 1.165) is 141 Å². The van der Waals surface area contributed by atoms with Gasteiger partial charge in [-0.3, -0.25) is 48.8 Å². The first-order valence-corrected chi connectivity index (χ1v) is 41.0. The quantitative estimate of drug-likeness (QED) is 0.0348. The lowest BCUT2D eigenvalue weighted by atomic mass is 10.00. The van der Waals surface area contributed by atoms with Crippen LogP contribution in [0, 0.1) is 37.0 Å². The Kier molecular flexibility index (Phi) is 22.5. The molecule has 19 rings (SSSR count). The molecule has 12 aromatic rings. The highest BCUT2D eigenvalue weighted by molar-refractivity contribution is 6.09. The highest BCUT2D eigenvalue weighted by Crippen LogP contribution is 2.61. The number of carbonyl (C=O) groups excluding carboxylic acids is 4. The monoisotopic (exact) mass is 1630 g/mol. The third kappa shape index (κ3) is 16.0. The first-order chi connectivity index (χ1) is 58.2. The summed E-state index contributed by atoms with van der Waals surface area (Å²) in [7, 11) is 9.64. The Bertz CT molecular complexity index is 5920. The molecule has 6 aromatic heterocycles. The number of amides is 3. The van der Waals surface area contributed by atoms with Gasteiger partial charge in [-0.25, -0.2) is 0 Å². The maximum atomic E-state index is 12.3. The average molecular weight is 1630 g/mol. The second-order valence-electron chi connectivity index (χ2n) is 32.2. The van der Waals surface area contributed by atoms with Gasteiger partial charge in [-0.1, -0.05) is 0 Å². The number of nitrogens with one attached hydrogen (secondary N) is 3. The number of fused-ring (bicyclic) bond motifs is 7. The lowest BCUT2D eigenvalue weighted by Crippen LogP contribution is -2.40. The predicted octanol–water partition coefficient (Wildman–Crippen LogP) is 14.6. The van der Waals surface area contributed by atoms with E-state index >= 15 is 0 Å². The van der Waals surface area contributed by atoms with E-state index < -0.39 is 5.79 Å². The number of aliphatic hydroxyl groups excluding tert-OH is 1. The van der Waals surface area contributed by atoms with Crippen molar-refractivity contribution in [1.29, 1.82) is 0 Å². The Morgan fingerprint density at radius 3 is 1.19 bits per heavy atom. The van der Waals surface area contributed by atoms with Gasteiger partial charge in [0, 0.05) is 171 Å². The Labute approximate surface area is 692 Å². The number of ether oxygens (including phenoxy) is 11. The zero-order valence-electron chi connectivity index (χ0n) is 68.9. The van der Waals surface area contributed by atoms with Gasteiger partial charge in [-0.05, 0) is 151 Å². The molecule has 3 amide bonds. The first-order valence-electron chi connectivity index (χ1n) is 41.0. The van der Waals surface area contributed by atoms with Crippen LogP contribution in [0.1, 0.15) is 106 Å². The minimum atomic E-state index is -0.391. The number of benzene rings is 6. The Hall–Kier alpha value is -11.8. The normalized spacial score (nSPS) is 17.7. The molecule has 7 fully saturated rings. The van der Waals surface area contributed by atoms with E-state index in [1.165, 1.54) is 12.8 Å². The van der Waals surface area contributed by atoms with Gasteiger partial charge in [0.25, 0.3) is 17.7 Å². The van der Waals surface area contributed by atoms with E-state index in [0.29, 0.717) is 171 Å². The standard InChI is InChI=1S/C32H35N3O7.C30H33N3O6.C30H31N3O6/c1-20-29(30(36)33-2)22-6-5-21(15-26(22)41-20)42-25-7-10-34-24-17-28(27(37-3)16-23(24)25)38-12-4-11-35-18-31(8-9-31)32(19-35)39-13-14-40-32;2*1-18-28(29(35)31-2)20-6-5-19(13-24(20)38-18)39-23-7-10-32-22-15-26(25(36-3)14-21(22)23)37-12-4-11-33-16-27(34)30(17-33)8-9-30/h5-7,10,15-17H,4,8-9,11-14,18-19H2,1-3H3,(H,33,36);5-7,10,13-15,27,34H,4,8-9,11-12,16-17H2,1-3H3,(H,31,35);5-7,10,13-15H,4,8-9,11-12,16-17H2,1-3H3,(H,31,35). The number of β-amino-alcohol motifs (C(OH)–C–C–N with tert-alkyl or cyclic N) is 1. The number of hydrogen-bond acceptors (Lipinski definition) is 25.